The molecule has 1 saturated heterocycles. The van der Waals surface area contributed by atoms with E-state index in [0.717, 1.165) is 39.0 Å². The molecule has 0 saturated carbocycles. The Balaban J connectivity index is 2.32. The molecular weight excluding hydrogens is 367 g/mol. The summed E-state index contributed by atoms with van der Waals surface area (Å²) < 4.78 is 20.1. The van der Waals surface area contributed by atoms with Crippen LogP contribution in [0, 0.1) is 27.7 Å². The number of nitrogens with zero attached hydrogens (tertiary/aromatic N) is 2. The van der Waals surface area contributed by atoms with E-state index in [1.807, 2.05) is 76.2 Å². The van der Waals surface area contributed by atoms with Gasteiger partial charge in [0.25, 0.3) is 0 Å². The van der Waals surface area contributed by atoms with E-state index in [4.69, 9.17) is 14.0 Å². The lowest BCUT2D eigenvalue weighted by Gasteiger charge is -2.32. The number of ether oxygens (including phenoxy) is 1. The van der Waals surface area contributed by atoms with Crippen LogP contribution in [0.5, 0.6) is 0 Å². The summed E-state index contributed by atoms with van der Waals surface area (Å²) in [6.45, 7) is 21.5. The van der Waals surface area contributed by atoms with Crippen LogP contribution in [0.15, 0.2) is 0 Å². The largest absolute Gasteiger partial charge is 0.497 e. The SMILES string of the molecule is Cc1nc(C)c2c(c1C)c(B1OC(C)(C)C(C)(C)O1)c(C)n2C(=O)OC(C)(C)C. The molecule has 7 heteroatoms. The average Bonchev–Trinajstić information content (AvgIpc) is 2.94. The lowest BCUT2D eigenvalue weighted by molar-refractivity contribution is 0.00578. The predicted octanol–water partition coefficient (Wildman–Crippen LogP) is 4.35. The summed E-state index contributed by atoms with van der Waals surface area (Å²) in [5.41, 5.74) is 3.54. The van der Waals surface area contributed by atoms with Gasteiger partial charge in [0.15, 0.2) is 0 Å². The highest BCUT2D eigenvalue weighted by Gasteiger charge is 2.53. The van der Waals surface area contributed by atoms with Gasteiger partial charge >= 0.3 is 13.2 Å². The first-order valence-corrected chi connectivity index (χ1v) is 10.1. The van der Waals surface area contributed by atoms with Crippen molar-refractivity contribution in [3.05, 3.63) is 22.6 Å². The number of aromatic nitrogens is 2. The Kier molecular flexibility index (Phi) is 4.95. The van der Waals surface area contributed by atoms with Crippen molar-refractivity contribution >= 4 is 29.6 Å². The maximum atomic E-state index is 13.2. The standard InChI is InChI=1S/C22H33BN2O4/c1-12-13(2)24-14(3)18-16(12)17(23-28-21(8,9)22(10,11)29-23)15(4)25(18)19(26)27-20(5,6)7/h1-11H3. The van der Waals surface area contributed by atoms with Crippen LogP contribution in [-0.4, -0.2) is 39.6 Å². The molecule has 0 amide bonds. The van der Waals surface area contributed by atoms with Gasteiger partial charge in [0.2, 0.25) is 0 Å². The molecule has 0 unspecified atom stereocenters. The third kappa shape index (κ3) is 3.48. The van der Waals surface area contributed by atoms with E-state index >= 15 is 0 Å². The second kappa shape index (κ2) is 6.57. The molecule has 6 nitrogen and oxygen atoms in total. The average molecular weight is 400 g/mol. The Bertz CT molecular complexity index is 983. The Hall–Kier alpha value is -1.86. The van der Waals surface area contributed by atoms with E-state index in [-0.39, 0.29) is 0 Å². The maximum Gasteiger partial charge on any atom is 0.497 e. The number of rotatable bonds is 1. The zero-order valence-electron chi connectivity index (χ0n) is 19.6. The summed E-state index contributed by atoms with van der Waals surface area (Å²) in [5.74, 6) is 0. The molecule has 0 aliphatic carbocycles. The zero-order valence-corrected chi connectivity index (χ0v) is 19.6. The van der Waals surface area contributed by atoms with Crippen LogP contribution >= 0.6 is 0 Å². The number of aryl methyl sites for hydroxylation is 3. The van der Waals surface area contributed by atoms with Crippen molar-refractivity contribution in [1.29, 1.82) is 0 Å². The minimum Gasteiger partial charge on any atom is -0.443 e. The minimum absolute atomic E-state index is 0.420. The Morgan fingerprint density at radius 3 is 2.00 bits per heavy atom. The van der Waals surface area contributed by atoms with Gasteiger partial charge in [0.05, 0.1) is 22.4 Å². The molecule has 0 bridgehead atoms. The van der Waals surface area contributed by atoms with Crippen molar-refractivity contribution in [2.75, 3.05) is 0 Å². The molecule has 1 fully saturated rings. The number of carbonyl (C=O) groups excluding carboxylic acids is 1. The molecule has 3 heterocycles. The van der Waals surface area contributed by atoms with Crippen molar-refractivity contribution < 1.29 is 18.8 Å². The molecule has 29 heavy (non-hydrogen) atoms. The Morgan fingerprint density at radius 2 is 1.52 bits per heavy atom. The van der Waals surface area contributed by atoms with Crippen molar-refractivity contribution in [3.63, 3.8) is 0 Å². The zero-order chi connectivity index (χ0) is 22.1. The van der Waals surface area contributed by atoms with Crippen molar-refractivity contribution in [1.82, 2.24) is 9.55 Å². The smallest absolute Gasteiger partial charge is 0.443 e. The third-order valence-corrected chi connectivity index (χ3v) is 6.12. The quantitative estimate of drug-likeness (QED) is 0.666. The second-order valence-electron chi connectivity index (χ2n) is 10.0. The molecule has 0 radical (unpaired) electrons. The minimum atomic E-state index is -0.605. The third-order valence-electron chi connectivity index (χ3n) is 6.12. The highest BCUT2D eigenvalue weighted by Crippen LogP contribution is 2.38. The first kappa shape index (κ1) is 21.8. The Morgan fingerprint density at radius 1 is 1.00 bits per heavy atom. The van der Waals surface area contributed by atoms with Gasteiger partial charge in [-0.15, -0.1) is 0 Å². The van der Waals surface area contributed by atoms with E-state index in [0.29, 0.717) is 0 Å². The fraction of sp³-hybridized carbons (Fsp3) is 0.636. The lowest BCUT2D eigenvalue weighted by atomic mass is 9.76. The van der Waals surface area contributed by atoms with Gasteiger partial charge in [0.1, 0.15) is 5.60 Å². The van der Waals surface area contributed by atoms with E-state index in [9.17, 15) is 4.79 Å². The van der Waals surface area contributed by atoms with Crippen LogP contribution in [-0.2, 0) is 14.0 Å². The van der Waals surface area contributed by atoms with Crippen LogP contribution in [0.1, 0.15) is 71.1 Å². The highest BCUT2D eigenvalue weighted by molar-refractivity contribution is 6.66. The highest BCUT2D eigenvalue weighted by atomic mass is 16.7. The van der Waals surface area contributed by atoms with Gasteiger partial charge in [-0.3, -0.25) is 4.98 Å². The summed E-state index contributed by atoms with van der Waals surface area (Å²) in [7, 11) is -0.578. The van der Waals surface area contributed by atoms with Gasteiger partial charge in [0, 0.05) is 22.2 Å². The summed E-state index contributed by atoms with van der Waals surface area (Å²) in [5, 5.41) is 0.955. The monoisotopic (exact) mass is 400 g/mol. The number of hydrogen-bond donors (Lipinski definition) is 0. The van der Waals surface area contributed by atoms with Gasteiger partial charge in [-0.2, -0.15) is 0 Å². The fourth-order valence-corrected chi connectivity index (χ4v) is 3.79. The predicted molar refractivity (Wildman–Crippen MR) is 116 cm³/mol. The number of pyridine rings is 1. The van der Waals surface area contributed by atoms with Crippen LogP contribution in [0.3, 0.4) is 0 Å². The molecule has 0 N–H and O–H groups in total. The van der Waals surface area contributed by atoms with Gasteiger partial charge < -0.3 is 14.0 Å². The lowest BCUT2D eigenvalue weighted by Crippen LogP contribution is -2.41. The topological polar surface area (TPSA) is 62.6 Å². The molecule has 0 spiro atoms. The first-order valence-electron chi connectivity index (χ1n) is 10.1. The number of carbonyl (C=O) groups is 1. The molecular formula is C22H33BN2O4. The molecule has 3 rings (SSSR count). The fourth-order valence-electron chi connectivity index (χ4n) is 3.79. The van der Waals surface area contributed by atoms with Crippen LogP contribution < -0.4 is 5.46 Å². The van der Waals surface area contributed by atoms with E-state index in [2.05, 4.69) is 4.98 Å². The van der Waals surface area contributed by atoms with Gasteiger partial charge in [-0.25, -0.2) is 9.36 Å². The van der Waals surface area contributed by atoms with E-state index in [1.54, 1.807) is 4.57 Å². The summed E-state index contributed by atoms with van der Waals surface area (Å²) in [4.78, 5) is 17.8. The van der Waals surface area contributed by atoms with Gasteiger partial charge in [-0.05, 0) is 81.7 Å². The molecule has 1 aliphatic rings. The van der Waals surface area contributed by atoms with Gasteiger partial charge in [-0.1, -0.05) is 0 Å². The number of hydrogen-bond acceptors (Lipinski definition) is 5. The van der Waals surface area contributed by atoms with Crippen LogP contribution in [0.2, 0.25) is 0 Å². The normalized spacial score (nSPS) is 18.5. The van der Waals surface area contributed by atoms with Crippen LogP contribution in [0.25, 0.3) is 10.9 Å². The van der Waals surface area contributed by atoms with E-state index in [1.165, 1.54) is 0 Å². The molecule has 158 valence electrons. The maximum absolute atomic E-state index is 13.2. The van der Waals surface area contributed by atoms with Crippen LogP contribution in [0.4, 0.5) is 4.79 Å². The molecule has 2 aromatic rings. The molecule has 2 aromatic heterocycles. The van der Waals surface area contributed by atoms with Crippen molar-refractivity contribution in [2.24, 2.45) is 0 Å². The Labute approximate surface area is 174 Å². The van der Waals surface area contributed by atoms with E-state index < -0.39 is 30.0 Å². The van der Waals surface area contributed by atoms with Crippen molar-refractivity contribution in [3.8, 4) is 0 Å². The molecule has 1 aliphatic heterocycles. The summed E-state index contributed by atoms with van der Waals surface area (Å²) in [6, 6.07) is 0. The second-order valence-corrected chi connectivity index (χ2v) is 10.0. The first-order chi connectivity index (χ1) is 13.1. The molecule has 0 atom stereocenters. The molecule has 0 aromatic carbocycles. The van der Waals surface area contributed by atoms with Crippen molar-refractivity contribution in [2.45, 2.75) is 93.0 Å². The number of fused-ring (bicyclic) bond motifs is 1. The summed E-state index contributed by atoms with van der Waals surface area (Å²) >= 11 is 0. The summed E-state index contributed by atoms with van der Waals surface area (Å²) in [6.07, 6.45) is -0.420.